The Morgan fingerprint density at radius 1 is 1.10 bits per heavy atom. The molecule has 2 aromatic carbocycles. The third-order valence-corrected chi connectivity index (χ3v) is 5.22. The van der Waals surface area contributed by atoms with Crippen molar-refractivity contribution in [2.45, 2.75) is 19.5 Å². The molecule has 9 heteroatoms. The number of hydrogen-bond acceptors (Lipinski definition) is 8. The second-order valence-electron chi connectivity index (χ2n) is 7.10. The monoisotopic (exact) mass is 420 g/mol. The Labute approximate surface area is 180 Å². The van der Waals surface area contributed by atoms with Crippen molar-refractivity contribution in [3.05, 3.63) is 66.6 Å². The van der Waals surface area contributed by atoms with Crippen molar-refractivity contribution in [1.82, 2.24) is 29.8 Å². The van der Waals surface area contributed by atoms with Crippen LogP contribution in [0.1, 0.15) is 24.4 Å². The van der Waals surface area contributed by atoms with E-state index in [2.05, 4.69) is 44.2 Å². The maximum absolute atomic E-state index is 5.49. The Morgan fingerprint density at radius 3 is 2.58 bits per heavy atom. The van der Waals surface area contributed by atoms with E-state index in [1.165, 1.54) is 11.9 Å². The first-order valence-corrected chi connectivity index (χ1v) is 9.79. The number of rotatable bonds is 8. The topological polar surface area (TPSA) is 91.3 Å². The molecule has 9 nitrogen and oxygen atoms in total. The largest absolute Gasteiger partial charge is 0.497 e. The highest BCUT2D eigenvalue weighted by molar-refractivity contribution is 5.65. The van der Waals surface area contributed by atoms with Gasteiger partial charge in [0.15, 0.2) is 0 Å². The molecule has 0 aliphatic rings. The number of methoxy groups -OCH3 is 2. The molecule has 0 fully saturated rings. The van der Waals surface area contributed by atoms with E-state index >= 15 is 0 Å². The van der Waals surface area contributed by atoms with E-state index in [0.29, 0.717) is 29.8 Å². The minimum absolute atomic E-state index is 0.149. The Balaban J connectivity index is 1.46. The summed E-state index contributed by atoms with van der Waals surface area (Å²) in [6, 6.07) is 13.8. The van der Waals surface area contributed by atoms with Crippen molar-refractivity contribution < 1.29 is 14.0 Å². The summed E-state index contributed by atoms with van der Waals surface area (Å²) in [6.45, 7) is 2.64. The summed E-state index contributed by atoms with van der Waals surface area (Å²) in [6.07, 6.45) is 3.19. The van der Waals surface area contributed by atoms with Gasteiger partial charge >= 0.3 is 0 Å². The predicted molar refractivity (Wildman–Crippen MR) is 114 cm³/mol. The van der Waals surface area contributed by atoms with Gasteiger partial charge in [-0.2, -0.15) is 10.1 Å². The van der Waals surface area contributed by atoms with Gasteiger partial charge < -0.3 is 14.0 Å². The van der Waals surface area contributed by atoms with Crippen LogP contribution >= 0.6 is 0 Å². The first kappa shape index (κ1) is 20.5. The fraction of sp³-hybridized carbons (Fsp3) is 0.273. The lowest BCUT2D eigenvalue weighted by Crippen LogP contribution is -2.22. The zero-order valence-electron chi connectivity index (χ0n) is 17.9. The number of nitrogens with zero attached hydrogens (tertiary/aromatic N) is 6. The molecule has 4 aromatic rings. The first-order chi connectivity index (χ1) is 15.1. The van der Waals surface area contributed by atoms with Gasteiger partial charge in [0.1, 0.15) is 24.2 Å². The van der Waals surface area contributed by atoms with Crippen LogP contribution in [0.5, 0.6) is 11.5 Å². The Kier molecular flexibility index (Phi) is 5.94. The molecule has 0 spiro atoms. The maximum Gasteiger partial charge on any atom is 0.241 e. The minimum atomic E-state index is 0.149. The highest BCUT2D eigenvalue weighted by Crippen LogP contribution is 2.32. The van der Waals surface area contributed by atoms with Crippen molar-refractivity contribution in [1.29, 1.82) is 0 Å². The Morgan fingerprint density at radius 2 is 1.90 bits per heavy atom. The highest BCUT2D eigenvalue weighted by atomic mass is 16.5. The lowest BCUT2D eigenvalue weighted by molar-refractivity contribution is 0.216. The van der Waals surface area contributed by atoms with Crippen LogP contribution in [0.3, 0.4) is 0 Å². The summed E-state index contributed by atoms with van der Waals surface area (Å²) in [5.74, 6) is 2.34. The van der Waals surface area contributed by atoms with Crippen LogP contribution in [0.2, 0.25) is 0 Å². The van der Waals surface area contributed by atoms with Gasteiger partial charge in [-0.3, -0.25) is 4.90 Å². The van der Waals surface area contributed by atoms with Crippen LogP contribution in [-0.4, -0.2) is 51.1 Å². The lowest BCUT2D eigenvalue weighted by Gasteiger charge is -2.23. The van der Waals surface area contributed by atoms with E-state index in [4.69, 9.17) is 14.0 Å². The van der Waals surface area contributed by atoms with Gasteiger partial charge in [0.25, 0.3) is 0 Å². The third kappa shape index (κ3) is 4.41. The van der Waals surface area contributed by atoms with Crippen LogP contribution < -0.4 is 9.47 Å². The molecule has 31 heavy (non-hydrogen) atoms. The molecule has 0 saturated heterocycles. The smallest absolute Gasteiger partial charge is 0.241 e. The van der Waals surface area contributed by atoms with Crippen molar-refractivity contribution in [3.8, 4) is 28.6 Å². The number of ether oxygens (including phenoxy) is 2. The molecule has 2 aromatic heterocycles. The van der Waals surface area contributed by atoms with Crippen LogP contribution in [-0.2, 0) is 6.54 Å². The quantitative estimate of drug-likeness (QED) is 0.428. The SMILES string of the molecule is COc1ccc(-c2noc(CN(C)C(C)c3ccc(-n4cncn4)cc3)n2)c(OC)c1. The van der Waals surface area contributed by atoms with Crippen LogP contribution in [0.4, 0.5) is 0 Å². The fourth-order valence-corrected chi connectivity index (χ4v) is 3.26. The molecule has 0 aliphatic heterocycles. The number of benzene rings is 2. The van der Waals surface area contributed by atoms with Gasteiger partial charge in [0.2, 0.25) is 11.7 Å². The van der Waals surface area contributed by atoms with Crippen LogP contribution in [0, 0.1) is 0 Å². The van der Waals surface area contributed by atoms with E-state index < -0.39 is 0 Å². The van der Waals surface area contributed by atoms with Crippen molar-refractivity contribution in [3.63, 3.8) is 0 Å². The molecule has 0 radical (unpaired) electrons. The molecule has 0 amide bonds. The molecule has 0 N–H and O–H groups in total. The van der Waals surface area contributed by atoms with E-state index in [1.54, 1.807) is 31.3 Å². The van der Waals surface area contributed by atoms with E-state index in [1.807, 2.05) is 31.3 Å². The summed E-state index contributed by atoms with van der Waals surface area (Å²) in [7, 11) is 5.23. The van der Waals surface area contributed by atoms with Crippen LogP contribution in [0.15, 0.2) is 59.6 Å². The minimum Gasteiger partial charge on any atom is -0.497 e. The van der Waals surface area contributed by atoms with Gasteiger partial charge in [-0.25, -0.2) is 9.67 Å². The Hall–Kier alpha value is -3.72. The molecule has 4 rings (SSSR count). The van der Waals surface area contributed by atoms with Crippen LogP contribution in [0.25, 0.3) is 17.1 Å². The molecule has 2 heterocycles. The number of aromatic nitrogens is 5. The average Bonchev–Trinajstić information content (AvgIpc) is 3.51. The zero-order chi connectivity index (χ0) is 21.8. The highest BCUT2D eigenvalue weighted by Gasteiger charge is 2.18. The van der Waals surface area contributed by atoms with Gasteiger partial charge in [-0.1, -0.05) is 17.3 Å². The second kappa shape index (κ2) is 8.97. The summed E-state index contributed by atoms with van der Waals surface area (Å²) < 4.78 is 17.9. The van der Waals surface area contributed by atoms with Crippen molar-refractivity contribution >= 4 is 0 Å². The lowest BCUT2D eigenvalue weighted by atomic mass is 10.1. The molecule has 1 atom stereocenters. The summed E-state index contributed by atoms with van der Waals surface area (Å²) in [5, 5.41) is 8.28. The molecule has 0 bridgehead atoms. The summed E-state index contributed by atoms with van der Waals surface area (Å²) >= 11 is 0. The molecule has 1 unspecified atom stereocenters. The fourth-order valence-electron chi connectivity index (χ4n) is 3.26. The summed E-state index contributed by atoms with van der Waals surface area (Å²) in [5.41, 5.74) is 2.88. The van der Waals surface area contributed by atoms with Gasteiger partial charge in [0.05, 0.1) is 32.0 Å². The number of hydrogen-bond donors (Lipinski definition) is 0. The van der Waals surface area contributed by atoms with Gasteiger partial charge in [0, 0.05) is 12.1 Å². The molecule has 0 aliphatic carbocycles. The van der Waals surface area contributed by atoms with Gasteiger partial charge in [-0.15, -0.1) is 0 Å². The van der Waals surface area contributed by atoms with E-state index in [0.717, 1.165) is 11.3 Å². The first-order valence-electron chi connectivity index (χ1n) is 9.79. The van der Waals surface area contributed by atoms with Gasteiger partial charge in [-0.05, 0) is 43.8 Å². The standard InChI is InChI=1S/C22H24N6O3/c1-15(16-5-7-17(8-6-16)28-14-23-13-24-28)27(2)12-21-25-22(26-31-21)19-10-9-18(29-3)11-20(19)30-4/h5-11,13-15H,12H2,1-4H3. The predicted octanol–water partition coefficient (Wildman–Crippen LogP) is 3.53. The summed E-state index contributed by atoms with van der Waals surface area (Å²) in [4.78, 5) is 10.7. The molecular weight excluding hydrogens is 396 g/mol. The normalized spacial score (nSPS) is 12.2. The molecule has 160 valence electrons. The van der Waals surface area contributed by atoms with Crippen molar-refractivity contribution in [2.24, 2.45) is 0 Å². The Bertz CT molecular complexity index is 1120. The van der Waals surface area contributed by atoms with Crippen molar-refractivity contribution in [2.75, 3.05) is 21.3 Å². The van der Waals surface area contributed by atoms with E-state index in [9.17, 15) is 0 Å². The third-order valence-electron chi connectivity index (χ3n) is 5.22. The molecule has 0 saturated carbocycles. The maximum atomic E-state index is 5.49. The average molecular weight is 420 g/mol. The molecular formula is C22H24N6O3. The second-order valence-corrected chi connectivity index (χ2v) is 7.10. The zero-order valence-corrected chi connectivity index (χ0v) is 17.9. The van der Waals surface area contributed by atoms with E-state index in [-0.39, 0.29) is 6.04 Å².